The Morgan fingerprint density at radius 2 is 1.67 bits per heavy atom. The van der Waals surface area contributed by atoms with Crippen LogP contribution in [0.1, 0.15) is 39.4 Å². The zero-order chi connectivity index (χ0) is 21.3. The van der Waals surface area contributed by atoms with E-state index in [1.54, 1.807) is 0 Å². The largest absolute Gasteiger partial charge is 0.490 e. The number of imidazole rings is 1. The quantitative estimate of drug-likeness (QED) is 0.504. The Balaban J connectivity index is 1.73. The predicted molar refractivity (Wildman–Crippen MR) is 119 cm³/mol. The summed E-state index contributed by atoms with van der Waals surface area (Å²) in [5, 5.41) is 3.05. The Kier molecular flexibility index (Phi) is 7.71. The standard InChI is InChI=1S/C24H31N3O3/c1-4-18(5-2)24(28)25-17-23-26-19-11-7-8-12-20(19)27(23)15-16-30-22-14-10-9-13-21(22)29-6-3/h7-14,18H,4-6,15-17H2,1-3H3,(H,25,28). The van der Waals surface area contributed by atoms with Crippen molar-refractivity contribution in [1.82, 2.24) is 14.9 Å². The Bertz CT molecular complexity index is 963. The molecule has 0 fully saturated rings. The van der Waals surface area contributed by atoms with E-state index in [1.165, 1.54) is 0 Å². The molecule has 0 bridgehead atoms. The molecule has 0 spiro atoms. The number of fused-ring (bicyclic) bond motifs is 1. The second-order valence-electron chi connectivity index (χ2n) is 7.13. The Labute approximate surface area is 178 Å². The molecule has 2 aromatic carbocycles. The molecule has 1 heterocycles. The number of hydrogen-bond acceptors (Lipinski definition) is 4. The Morgan fingerprint density at radius 3 is 2.37 bits per heavy atom. The van der Waals surface area contributed by atoms with Crippen molar-refractivity contribution in [2.45, 2.75) is 46.7 Å². The average molecular weight is 410 g/mol. The summed E-state index contributed by atoms with van der Waals surface area (Å²) >= 11 is 0. The Hall–Kier alpha value is -3.02. The van der Waals surface area contributed by atoms with Crippen LogP contribution in [-0.4, -0.2) is 28.7 Å². The number of ether oxygens (including phenoxy) is 2. The number of amides is 1. The second kappa shape index (κ2) is 10.7. The number of carbonyl (C=O) groups excluding carboxylic acids is 1. The van der Waals surface area contributed by atoms with Crippen molar-refractivity contribution < 1.29 is 14.3 Å². The van der Waals surface area contributed by atoms with Crippen molar-refractivity contribution in [2.75, 3.05) is 13.2 Å². The normalized spacial score (nSPS) is 11.1. The minimum atomic E-state index is 0.0428. The van der Waals surface area contributed by atoms with Gasteiger partial charge in [0.2, 0.25) is 5.91 Å². The van der Waals surface area contributed by atoms with E-state index >= 15 is 0 Å². The maximum absolute atomic E-state index is 12.4. The second-order valence-corrected chi connectivity index (χ2v) is 7.13. The lowest BCUT2D eigenvalue weighted by atomic mass is 10.0. The van der Waals surface area contributed by atoms with Gasteiger partial charge in [0.25, 0.3) is 0 Å². The fraction of sp³-hybridized carbons (Fsp3) is 0.417. The third kappa shape index (κ3) is 5.12. The van der Waals surface area contributed by atoms with E-state index in [2.05, 4.69) is 9.88 Å². The maximum Gasteiger partial charge on any atom is 0.223 e. The molecule has 0 saturated heterocycles. The van der Waals surface area contributed by atoms with Crippen LogP contribution in [0.5, 0.6) is 11.5 Å². The van der Waals surface area contributed by atoms with Gasteiger partial charge in [-0.1, -0.05) is 38.1 Å². The van der Waals surface area contributed by atoms with Gasteiger partial charge in [-0.3, -0.25) is 4.79 Å². The van der Waals surface area contributed by atoms with Gasteiger partial charge in [-0.15, -0.1) is 0 Å². The molecular formula is C24H31N3O3. The van der Waals surface area contributed by atoms with Crippen LogP contribution >= 0.6 is 0 Å². The van der Waals surface area contributed by atoms with E-state index in [0.717, 1.165) is 41.2 Å². The van der Waals surface area contributed by atoms with Crippen molar-refractivity contribution in [3.05, 3.63) is 54.4 Å². The molecule has 160 valence electrons. The summed E-state index contributed by atoms with van der Waals surface area (Å²) in [6.45, 7) is 8.12. The van der Waals surface area contributed by atoms with Crippen molar-refractivity contribution >= 4 is 16.9 Å². The van der Waals surface area contributed by atoms with Crippen molar-refractivity contribution in [1.29, 1.82) is 0 Å². The number of rotatable bonds is 11. The molecule has 30 heavy (non-hydrogen) atoms. The van der Waals surface area contributed by atoms with Gasteiger partial charge in [-0.05, 0) is 44.0 Å². The molecule has 1 N–H and O–H groups in total. The van der Waals surface area contributed by atoms with Crippen molar-refractivity contribution in [2.24, 2.45) is 5.92 Å². The first-order valence-corrected chi connectivity index (χ1v) is 10.7. The zero-order valence-corrected chi connectivity index (χ0v) is 18.1. The maximum atomic E-state index is 12.4. The first-order chi connectivity index (χ1) is 14.7. The molecule has 0 atom stereocenters. The molecule has 1 aromatic heterocycles. The molecule has 3 rings (SSSR count). The third-order valence-corrected chi connectivity index (χ3v) is 5.23. The fourth-order valence-electron chi connectivity index (χ4n) is 3.57. The summed E-state index contributed by atoms with van der Waals surface area (Å²) in [6, 6.07) is 15.7. The number of para-hydroxylation sites is 4. The minimum absolute atomic E-state index is 0.0428. The molecule has 0 saturated carbocycles. The fourth-order valence-corrected chi connectivity index (χ4v) is 3.57. The summed E-state index contributed by atoms with van der Waals surface area (Å²) < 4.78 is 13.8. The van der Waals surface area contributed by atoms with E-state index < -0.39 is 0 Å². The highest BCUT2D eigenvalue weighted by molar-refractivity contribution is 5.79. The van der Waals surface area contributed by atoms with E-state index in [9.17, 15) is 4.79 Å². The molecule has 0 aliphatic rings. The lowest BCUT2D eigenvalue weighted by Gasteiger charge is -2.15. The molecule has 6 nitrogen and oxygen atoms in total. The van der Waals surface area contributed by atoms with Crippen LogP contribution in [0.15, 0.2) is 48.5 Å². The highest BCUT2D eigenvalue weighted by Crippen LogP contribution is 2.26. The summed E-state index contributed by atoms with van der Waals surface area (Å²) in [4.78, 5) is 17.2. The molecule has 0 unspecified atom stereocenters. The number of aromatic nitrogens is 2. The van der Waals surface area contributed by atoms with Crippen LogP contribution in [0.4, 0.5) is 0 Å². The van der Waals surface area contributed by atoms with E-state index in [4.69, 9.17) is 14.5 Å². The number of nitrogens with one attached hydrogen (secondary N) is 1. The van der Waals surface area contributed by atoms with Crippen LogP contribution in [-0.2, 0) is 17.9 Å². The molecule has 0 radical (unpaired) electrons. The van der Waals surface area contributed by atoms with Gasteiger partial charge in [-0.2, -0.15) is 0 Å². The molecule has 0 aliphatic heterocycles. The zero-order valence-electron chi connectivity index (χ0n) is 18.1. The first kappa shape index (κ1) is 21.7. The Morgan fingerprint density at radius 1 is 1.00 bits per heavy atom. The van der Waals surface area contributed by atoms with Crippen LogP contribution in [0, 0.1) is 5.92 Å². The first-order valence-electron chi connectivity index (χ1n) is 10.7. The summed E-state index contributed by atoms with van der Waals surface area (Å²) in [6.07, 6.45) is 1.68. The average Bonchev–Trinajstić information content (AvgIpc) is 3.12. The SMILES string of the molecule is CCOc1ccccc1OCCn1c(CNC(=O)C(CC)CC)nc2ccccc21. The van der Waals surface area contributed by atoms with Gasteiger partial charge in [0.15, 0.2) is 11.5 Å². The lowest BCUT2D eigenvalue weighted by molar-refractivity contribution is -0.125. The topological polar surface area (TPSA) is 65.4 Å². The number of hydrogen-bond donors (Lipinski definition) is 1. The highest BCUT2D eigenvalue weighted by atomic mass is 16.5. The molecule has 6 heteroatoms. The van der Waals surface area contributed by atoms with Crippen LogP contribution < -0.4 is 14.8 Å². The number of nitrogens with zero attached hydrogens (tertiary/aromatic N) is 2. The third-order valence-electron chi connectivity index (χ3n) is 5.23. The monoisotopic (exact) mass is 409 g/mol. The van der Waals surface area contributed by atoms with Crippen LogP contribution in [0.3, 0.4) is 0 Å². The van der Waals surface area contributed by atoms with Crippen molar-refractivity contribution in [3.8, 4) is 11.5 Å². The molecule has 1 amide bonds. The predicted octanol–water partition coefficient (Wildman–Crippen LogP) is 4.57. The number of carbonyl (C=O) groups is 1. The summed E-state index contributed by atoms with van der Waals surface area (Å²) in [7, 11) is 0. The number of benzene rings is 2. The van der Waals surface area contributed by atoms with Gasteiger partial charge >= 0.3 is 0 Å². The van der Waals surface area contributed by atoms with Crippen molar-refractivity contribution in [3.63, 3.8) is 0 Å². The van der Waals surface area contributed by atoms with Gasteiger partial charge in [0.05, 0.1) is 30.7 Å². The van der Waals surface area contributed by atoms with E-state index in [-0.39, 0.29) is 11.8 Å². The minimum Gasteiger partial charge on any atom is -0.490 e. The summed E-state index contributed by atoms with van der Waals surface area (Å²) in [5.74, 6) is 2.43. The smallest absolute Gasteiger partial charge is 0.223 e. The van der Waals surface area contributed by atoms with Gasteiger partial charge in [0.1, 0.15) is 12.4 Å². The highest BCUT2D eigenvalue weighted by Gasteiger charge is 2.16. The molecule has 3 aromatic rings. The van der Waals surface area contributed by atoms with E-state index in [0.29, 0.717) is 26.3 Å². The van der Waals surface area contributed by atoms with Gasteiger partial charge in [0, 0.05) is 5.92 Å². The van der Waals surface area contributed by atoms with E-state index in [1.807, 2.05) is 69.3 Å². The molecule has 0 aliphatic carbocycles. The van der Waals surface area contributed by atoms with Gasteiger partial charge in [-0.25, -0.2) is 4.98 Å². The molecular weight excluding hydrogens is 378 g/mol. The lowest BCUT2D eigenvalue weighted by Crippen LogP contribution is -2.31. The van der Waals surface area contributed by atoms with Gasteiger partial charge < -0.3 is 19.4 Å². The van der Waals surface area contributed by atoms with Crippen LogP contribution in [0.2, 0.25) is 0 Å². The summed E-state index contributed by atoms with van der Waals surface area (Å²) in [5.41, 5.74) is 1.95. The van der Waals surface area contributed by atoms with Crippen LogP contribution in [0.25, 0.3) is 11.0 Å².